The molecule has 1 amide bonds. The first-order chi connectivity index (χ1) is 13.0. The lowest BCUT2D eigenvalue weighted by molar-refractivity contribution is -0.116. The van der Waals surface area contributed by atoms with E-state index in [-0.39, 0.29) is 19.1 Å². The van der Waals surface area contributed by atoms with Gasteiger partial charge in [0.15, 0.2) is 6.29 Å². The number of nitrogens with one attached hydrogen (secondary N) is 1. The number of thiophene rings is 1. The van der Waals surface area contributed by atoms with Gasteiger partial charge in [-0.2, -0.15) is 0 Å². The van der Waals surface area contributed by atoms with E-state index >= 15 is 0 Å². The number of nitrogens with zero attached hydrogens (tertiary/aromatic N) is 1. The minimum absolute atomic E-state index is 0.0343. The summed E-state index contributed by atoms with van der Waals surface area (Å²) in [7, 11) is 0. The minimum atomic E-state index is -0.440. The van der Waals surface area contributed by atoms with Crippen LogP contribution in [0.5, 0.6) is 0 Å². The van der Waals surface area contributed by atoms with E-state index in [9.17, 15) is 14.4 Å². The van der Waals surface area contributed by atoms with Crippen LogP contribution < -0.4 is 5.32 Å². The van der Waals surface area contributed by atoms with E-state index < -0.39 is 5.97 Å². The molecular weight excluding hydrogens is 364 g/mol. The maximum absolute atomic E-state index is 12.6. The molecule has 2 heterocycles. The van der Waals surface area contributed by atoms with Crippen LogP contribution in [-0.2, 0) is 16.1 Å². The summed E-state index contributed by atoms with van der Waals surface area (Å²) in [6.45, 7) is 5.78. The van der Waals surface area contributed by atoms with E-state index in [1.165, 1.54) is 11.3 Å². The molecule has 140 valence electrons. The number of rotatable bonds is 6. The van der Waals surface area contributed by atoms with E-state index in [1.54, 1.807) is 17.7 Å². The Kier molecular flexibility index (Phi) is 5.41. The van der Waals surface area contributed by atoms with Crippen LogP contribution >= 0.6 is 11.3 Å². The second-order valence-electron chi connectivity index (χ2n) is 6.10. The summed E-state index contributed by atoms with van der Waals surface area (Å²) in [6.07, 6.45) is 2.44. The summed E-state index contributed by atoms with van der Waals surface area (Å²) in [5.74, 6) is -0.718. The highest BCUT2D eigenvalue weighted by atomic mass is 32.1. The van der Waals surface area contributed by atoms with E-state index in [0.717, 1.165) is 27.6 Å². The van der Waals surface area contributed by atoms with Gasteiger partial charge in [-0.25, -0.2) is 4.79 Å². The first kappa shape index (κ1) is 18.8. The molecule has 0 bridgehead atoms. The number of aryl methyl sites for hydroxylation is 1. The number of para-hydroxylation sites is 1. The largest absolute Gasteiger partial charge is 0.462 e. The molecule has 1 aromatic carbocycles. The Labute approximate surface area is 160 Å². The number of hydrogen-bond acceptors (Lipinski definition) is 5. The fourth-order valence-corrected chi connectivity index (χ4v) is 4.05. The Balaban J connectivity index is 1.86. The number of carbonyl (C=O) groups excluding carboxylic acids is 3. The number of amides is 1. The smallest absolute Gasteiger partial charge is 0.341 e. The number of aldehydes is 1. The normalized spacial score (nSPS) is 10.8. The Morgan fingerprint density at radius 1 is 1.26 bits per heavy atom. The summed E-state index contributed by atoms with van der Waals surface area (Å²) in [5, 5.41) is 4.11. The lowest BCUT2D eigenvalue weighted by atomic mass is 10.1. The molecule has 27 heavy (non-hydrogen) atoms. The van der Waals surface area contributed by atoms with E-state index in [4.69, 9.17) is 4.74 Å². The Hall–Kier alpha value is -2.93. The molecule has 2 aromatic heterocycles. The van der Waals surface area contributed by atoms with Gasteiger partial charge in [0.1, 0.15) is 11.5 Å². The van der Waals surface area contributed by atoms with Crippen molar-refractivity contribution in [1.29, 1.82) is 0 Å². The number of hydrogen-bond donors (Lipinski definition) is 1. The molecule has 6 nitrogen and oxygen atoms in total. The van der Waals surface area contributed by atoms with Crippen molar-refractivity contribution in [3.8, 4) is 0 Å². The number of aromatic nitrogens is 1. The van der Waals surface area contributed by atoms with Gasteiger partial charge < -0.3 is 14.6 Å². The van der Waals surface area contributed by atoms with Crippen LogP contribution in [0.25, 0.3) is 10.9 Å². The molecule has 0 radical (unpaired) electrons. The second-order valence-corrected chi connectivity index (χ2v) is 7.33. The van der Waals surface area contributed by atoms with Crippen molar-refractivity contribution in [3.63, 3.8) is 0 Å². The van der Waals surface area contributed by atoms with Gasteiger partial charge >= 0.3 is 5.97 Å². The number of benzene rings is 1. The van der Waals surface area contributed by atoms with Crippen molar-refractivity contribution in [2.75, 3.05) is 11.9 Å². The van der Waals surface area contributed by atoms with Gasteiger partial charge in [-0.15, -0.1) is 11.3 Å². The third-order valence-corrected chi connectivity index (χ3v) is 5.50. The lowest BCUT2D eigenvalue weighted by Crippen LogP contribution is -2.19. The number of anilines is 1. The molecule has 1 N–H and O–H groups in total. The predicted molar refractivity (Wildman–Crippen MR) is 106 cm³/mol. The zero-order valence-electron chi connectivity index (χ0n) is 15.4. The average Bonchev–Trinajstić information content (AvgIpc) is 3.13. The first-order valence-corrected chi connectivity index (χ1v) is 9.37. The van der Waals surface area contributed by atoms with Crippen LogP contribution in [0.3, 0.4) is 0 Å². The van der Waals surface area contributed by atoms with Crippen LogP contribution in [-0.4, -0.2) is 29.3 Å². The minimum Gasteiger partial charge on any atom is -0.462 e. The third kappa shape index (κ3) is 3.64. The summed E-state index contributed by atoms with van der Waals surface area (Å²) >= 11 is 1.35. The zero-order chi connectivity index (χ0) is 19.6. The van der Waals surface area contributed by atoms with Crippen LogP contribution in [0.15, 0.2) is 30.5 Å². The highest BCUT2D eigenvalue weighted by molar-refractivity contribution is 7.16. The maximum Gasteiger partial charge on any atom is 0.341 e. The average molecular weight is 384 g/mol. The standard InChI is InChI=1S/C20H20N2O4S/c1-4-26-20(25)18-12(2)13(3)27-19(18)21-17(24)10-22-9-14(11-23)15-7-5-6-8-16(15)22/h5-9,11H,4,10H2,1-3H3,(H,21,24). The molecule has 0 unspecified atom stereocenters. The Bertz CT molecular complexity index is 1030. The van der Waals surface area contributed by atoms with Gasteiger partial charge in [-0.3, -0.25) is 9.59 Å². The van der Waals surface area contributed by atoms with Gasteiger partial charge in [-0.05, 0) is 32.4 Å². The molecule has 0 saturated carbocycles. The number of esters is 1. The molecule has 3 aromatic rings. The molecule has 0 saturated heterocycles. The van der Waals surface area contributed by atoms with Crippen LogP contribution in [0.4, 0.5) is 5.00 Å². The molecule has 7 heteroatoms. The lowest BCUT2D eigenvalue weighted by Gasteiger charge is -2.08. The number of ether oxygens (including phenoxy) is 1. The predicted octanol–water partition coefficient (Wildman–Crippen LogP) is 3.95. The topological polar surface area (TPSA) is 77.4 Å². The Morgan fingerprint density at radius 3 is 2.70 bits per heavy atom. The van der Waals surface area contributed by atoms with Crippen LogP contribution in [0.2, 0.25) is 0 Å². The zero-order valence-corrected chi connectivity index (χ0v) is 16.2. The maximum atomic E-state index is 12.6. The highest BCUT2D eigenvalue weighted by Crippen LogP contribution is 2.33. The molecular formula is C20H20N2O4S. The summed E-state index contributed by atoms with van der Waals surface area (Å²) in [5.41, 5.74) is 2.55. The molecule has 0 atom stereocenters. The van der Waals surface area contributed by atoms with Crippen molar-refractivity contribution in [2.24, 2.45) is 0 Å². The van der Waals surface area contributed by atoms with Crippen molar-refractivity contribution in [2.45, 2.75) is 27.3 Å². The molecule has 0 fully saturated rings. The van der Waals surface area contributed by atoms with Crippen molar-refractivity contribution in [3.05, 3.63) is 52.0 Å². The molecule has 3 rings (SSSR count). The fraction of sp³-hybridized carbons (Fsp3) is 0.250. The van der Waals surface area contributed by atoms with Gasteiger partial charge in [0.05, 0.1) is 12.2 Å². The monoisotopic (exact) mass is 384 g/mol. The third-order valence-electron chi connectivity index (χ3n) is 4.38. The van der Waals surface area contributed by atoms with Gasteiger partial charge in [0.2, 0.25) is 5.91 Å². The number of fused-ring (bicyclic) bond motifs is 1. The van der Waals surface area contributed by atoms with E-state index in [0.29, 0.717) is 16.1 Å². The number of carbonyl (C=O) groups is 3. The van der Waals surface area contributed by atoms with Crippen LogP contribution in [0, 0.1) is 13.8 Å². The fourth-order valence-electron chi connectivity index (χ4n) is 2.98. The van der Waals surface area contributed by atoms with Gasteiger partial charge in [-0.1, -0.05) is 18.2 Å². The van der Waals surface area contributed by atoms with Crippen molar-refractivity contribution in [1.82, 2.24) is 4.57 Å². The summed E-state index contributed by atoms with van der Waals surface area (Å²) in [6, 6.07) is 7.41. The van der Waals surface area contributed by atoms with Gasteiger partial charge in [0, 0.05) is 27.5 Å². The molecule has 0 spiro atoms. The quantitative estimate of drug-likeness (QED) is 0.516. The van der Waals surface area contributed by atoms with Crippen molar-refractivity contribution >= 4 is 45.4 Å². The van der Waals surface area contributed by atoms with E-state index in [2.05, 4.69) is 5.32 Å². The highest BCUT2D eigenvalue weighted by Gasteiger charge is 2.22. The van der Waals surface area contributed by atoms with Crippen LogP contribution in [0.1, 0.15) is 38.1 Å². The molecule has 0 aliphatic rings. The Morgan fingerprint density at radius 2 is 2.00 bits per heavy atom. The first-order valence-electron chi connectivity index (χ1n) is 8.56. The van der Waals surface area contributed by atoms with Gasteiger partial charge in [0.25, 0.3) is 0 Å². The SMILES string of the molecule is CCOC(=O)c1c(NC(=O)Cn2cc(C=O)c3ccccc32)sc(C)c1C. The van der Waals surface area contributed by atoms with Crippen molar-refractivity contribution < 1.29 is 19.1 Å². The summed E-state index contributed by atoms with van der Waals surface area (Å²) in [4.78, 5) is 37.1. The van der Waals surface area contributed by atoms with E-state index in [1.807, 2.05) is 38.1 Å². The molecule has 0 aliphatic carbocycles. The summed E-state index contributed by atoms with van der Waals surface area (Å²) < 4.78 is 6.84. The molecule has 0 aliphatic heterocycles. The second kappa shape index (κ2) is 7.75.